The van der Waals surface area contributed by atoms with Gasteiger partial charge in [-0.25, -0.2) is 0 Å². The van der Waals surface area contributed by atoms with Crippen molar-refractivity contribution in [1.29, 1.82) is 0 Å². The minimum Gasteiger partial charge on any atom is -0.497 e. The molecule has 2 amide bonds. The van der Waals surface area contributed by atoms with Gasteiger partial charge in [-0.1, -0.05) is 47.1 Å². The summed E-state index contributed by atoms with van der Waals surface area (Å²) >= 11 is 3.47. The fourth-order valence-electron chi connectivity index (χ4n) is 2.90. The monoisotopic (exact) mass is 460 g/mol. The van der Waals surface area contributed by atoms with Gasteiger partial charge in [0.25, 0.3) is 0 Å². The topological polar surface area (TPSA) is 58.6 Å². The van der Waals surface area contributed by atoms with Crippen LogP contribution >= 0.6 is 15.9 Å². The lowest BCUT2D eigenvalue weighted by molar-refractivity contribution is -0.140. The van der Waals surface area contributed by atoms with E-state index in [0.717, 1.165) is 27.8 Å². The molecule has 0 aliphatic rings. The van der Waals surface area contributed by atoms with E-state index in [4.69, 9.17) is 4.74 Å². The number of nitrogens with one attached hydrogen (secondary N) is 1. The van der Waals surface area contributed by atoms with E-state index in [1.807, 2.05) is 62.4 Å². The molecule has 0 heterocycles. The molecule has 29 heavy (non-hydrogen) atoms. The quantitative estimate of drug-likeness (QED) is 0.605. The molecule has 2 aromatic carbocycles. The average Bonchev–Trinajstić information content (AvgIpc) is 2.71. The van der Waals surface area contributed by atoms with Gasteiger partial charge in [0.2, 0.25) is 11.8 Å². The molecule has 0 spiro atoms. The summed E-state index contributed by atoms with van der Waals surface area (Å²) in [6.07, 6.45) is 1.06. The summed E-state index contributed by atoms with van der Waals surface area (Å²) in [7, 11) is 1.61. The first-order chi connectivity index (χ1) is 13.8. The molecule has 2 rings (SSSR count). The Bertz CT molecular complexity index is 823. The standard InChI is InChI=1S/C23H29BrN2O3/c1-5-16(2)25-23(28)17(3)26(15-19-7-6-8-20(24)13-19)22(27)14-18-9-11-21(29-4)12-10-18/h6-13,16-17H,5,14-15H2,1-4H3,(H,25,28)/t16-,17-/m0/s1. The van der Waals surface area contributed by atoms with E-state index in [9.17, 15) is 9.59 Å². The molecule has 0 aliphatic carbocycles. The summed E-state index contributed by atoms with van der Waals surface area (Å²) in [5.74, 6) is 0.507. The molecule has 0 aromatic heterocycles. The van der Waals surface area contributed by atoms with Crippen LogP contribution in [0.15, 0.2) is 53.0 Å². The molecule has 2 aromatic rings. The highest BCUT2D eigenvalue weighted by molar-refractivity contribution is 9.10. The molecule has 0 saturated carbocycles. The molecular weight excluding hydrogens is 432 g/mol. The largest absolute Gasteiger partial charge is 0.497 e. The molecule has 1 N–H and O–H groups in total. The van der Waals surface area contributed by atoms with Crippen LogP contribution in [0, 0.1) is 0 Å². The molecule has 0 fully saturated rings. The SMILES string of the molecule is CC[C@H](C)NC(=O)[C@H](C)N(Cc1cccc(Br)c1)C(=O)Cc1ccc(OC)cc1. The predicted octanol–water partition coefficient (Wildman–Crippen LogP) is 4.33. The Morgan fingerprint density at radius 1 is 1.10 bits per heavy atom. The summed E-state index contributed by atoms with van der Waals surface area (Å²) in [5.41, 5.74) is 1.84. The number of nitrogens with zero attached hydrogens (tertiary/aromatic N) is 1. The molecule has 5 nitrogen and oxygen atoms in total. The van der Waals surface area contributed by atoms with Gasteiger partial charge in [0, 0.05) is 17.1 Å². The highest BCUT2D eigenvalue weighted by Crippen LogP contribution is 2.18. The van der Waals surface area contributed by atoms with Gasteiger partial charge in [-0.3, -0.25) is 9.59 Å². The second kappa shape index (κ2) is 11.0. The number of benzene rings is 2. The zero-order chi connectivity index (χ0) is 21.4. The van der Waals surface area contributed by atoms with Crippen molar-refractivity contribution in [2.24, 2.45) is 0 Å². The van der Waals surface area contributed by atoms with Crippen LogP contribution < -0.4 is 10.1 Å². The zero-order valence-electron chi connectivity index (χ0n) is 17.4. The van der Waals surface area contributed by atoms with E-state index in [-0.39, 0.29) is 24.3 Å². The number of rotatable bonds is 9. The minimum absolute atomic E-state index is 0.0642. The highest BCUT2D eigenvalue weighted by Gasteiger charge is 2.26. The lowest BCUT2D eigenvalue weighted by atomic mass is 10.1. The van der Waals surface area contributed by atoms with Crippen LogP contribution in [0.4, 0.5) is 0 Å². The zero-order valence-corrected chi connectivity index (χ0v) is 19.0. The number of amides is 2. The fraction of sp³-hybridized carbons (Fsp3) is 0.391. The van der Waals surface area contributed by atoms with Gasteiger partial charge >= 0.3 is 0 Å². The van der Waals surface area contributed by atoms with E-state index in [2.05, 4.69) is 21.2 Å². The molecule has 0 aliphatic heterocycles. The Labute approximate surface area is 181 Å². The van der Waals surface area contributed by atoms with Crippen molar-refractivity contribution in [3.63, 3.8) is 0 Å². The Morgan fingerprint density at radius 3 is 2.38 bits per heavy atom. The van der Waals surface area contributed by atoms with Gasteiger partial charge in [-0.15, -0.1) is 0 Å². The van der Waals surface area contributed by atoms with E-state index in [1.165, 1.54) is 0 Å². The summed E-state index contributed by atoms with van der Waals surface area (Å²) in [5, 5.41) is 2.98. The number of hydrogen-bond acceptors (Lipinski definition) is 3. The number of ether oxygens (including phenoxy) is 1. The molecule has 2 atom stereocenters. The summed E-state index contributed by atoms with van der Waals surface area (Å²) in [6, 6.07) is 14.7. The normalized spacial score (nSPS) is 12.7. The van der Waals surface area contributed by atoms with E-state index < -0.39 is 6.04 Å². The first-order valence-electron chi connectivity index (χ1n) is 9.81. The maximum absolute atomic E-state index is 13.2. The Hall–Kier alpha value is -2.34. The van der Waals surface area contributed by atoms with Crippen LogP contribution in [-0.2, 0) is 22.6 Å². The lowest BCUT2D eigenvalue weighted by Gasteiger charge is -2.30. The summed E-state index contributed by atoms with van der Waals surface area (Å²) in [6.45, 7) is 6.12. The minimum atomic E-state index is -0.575. The van der Waals surface area contributed by atoms with Crippen LogP contribution in [0.3, 0.4) is 0 Å². The summed E-state index contributed by atoms with van der Waals surface area (Å²) < 4.78 is 6.12. The smallest absolute Gasteiger partial charge is 0.242 e. The van der Waals surface area contributed by atoms with Crippen LogP contribution in [0.2, 0.25) is 0 Å². The van der Waals surface area contributed by atoms with Crippen molar-refractivity contribution in [2.75, 3.05) is 7.11 Å². The fourth-order valence-corrected chi connectivity index (χ4v) is 3.35. The third kappa shape index (κ3) is 6.89. The predicted molar refractivity (Wildman–Crippen MR) is 119 cm³/mol. The van der Waals surface area contributed by atoms with Crippen molar-refractivity contribution in [2.45, 2.75) is 52.2 Å². The van der Waals surface area contributed by atoms with E-state index in [0.29, 0.717) is 6.54 Å². The van der Waals surface area contributed by atoms with Crippen LogP contribution in [0.1, 0.15) is 38.3 Å². The molecule has 156 valence electrons. The van der Waals surface area contributed by atoms with Crippen LogP contribution in [-0.4, -0.2) is 35.9 Å². The first-order valence-corrected chi connectivity index (χ1v) is 10.6. The van der Waals surface area contributed by atoms with Crippen molar-refractivity contribution >= 4 is 27.7 Å². The highest BCUT2D eigenvalue weighted by atomic mass is 79.9. The number of hydrogen-bond donors (Lipinski definition) is 1. The Kier molecular flexibility index (Phi) is 8.70. The second-order valence-electron chi connectivity index (χ2n) is 7.17. The number of carbonyl (C=O) groups is 2. The van der Waals surface area contributed by atoms with Crippen molar-refractivity contribution < 1.29 is 14.3 Å². The molecule has 0 radical (unpaired) electrons. The number of halogens is 1. The second-order valence-corrected chi connectivity index (χ2v) is 8.09. The Balaban J connectivity index is 2.21. The van der Waals surface area contributed by atoms with E-state index >= 15 is 0 Å². The van der Waals surface area contributed by atoms with Gasteiger partial charge in [-0.05, 0) is 55.7 Å². The third-order valence-electron chi connectivity index (χ3n) is 4.92. The molecule has 6 heteroatoms. The van der Waals surface area contributed by atoms with Gasteiger partial charge < -0.3 is 15.0 Å². The molecule has 0 saturated heterocycles. The van der Waals surface area contributed by atoms with Crippen molar-refractivity contribution in [3.8, 4) is 5.75 Å². The van der Waals surface area contributed by atoms with Crippen LogP contribution in [0.5, 0.6) is 5.75 Å². The van der Waals surface area contributed by atoms with Gasteiger partial charge in [0.1, 0.15) is 11.8 Å². The Morgan fingerprint density at radius 2 is 1.79 bits per heavy atom. The van der Waals surface area contributed by atoms with Gasteiger partial charge in [0.15, 0.2) is 0 Å². The number of methoxy groups -OCH3 is 1. The summed E-state index contributed by atoms with van der Waals surface area (Å²) in [4.78, 5) is 27.5. The lowest BCUT2D eigenvalue weighted by Crippen LogP contribution is -2.49. The van der Waals surface area contributed by atoms with Gasteiger partial charge in [-0.2, -0.15) is 0 Å². The van der Waals surface area contributed by atoms with Crippen molar-refractivity contribution in [3.05, 3.63) is 64.1 Å². The maximum atomic E-state index is 13.2. The van der Waals surface area contributed by atoms with Crippen LogP contribution in [0.25, 0.3) is 0 Å². The third-order valence-corrected chi connectivity index (χ3v) is 5.42. The molecular formula is C23H29BrN2O3. The average molecular weight is 461 g/mol. The van der Waals surface area contributed by atoms with E-state index in [1.54, 1.807) is 18.9 Å². The molecule has 0 bridgehead atoms. The first kappa shape index (κ1) is 22.9. The molecule has 0 unspecified atom stereocenters. The maximum Gasteiger partial charge on any atom is 0.242 e. The van der Waals surface area contributed by atoms with Crippen molar-refractivity contribution in [1.82, 2.24) is 10.2 Å². The number of carbonyl (C=O) groups excluding carboxylic acids is 2. The van der Waals surface area contributed by atoms with Gasteiger partial charge in [0.05, 0.1) is 13.5 Å².